The molecule has 2 rings (SSSR count). The van der Waals surface area contributed by atoms with Gasteiger partial charge in [-0.05, 0) is 52.6 Å². The number of nitro groups is 1. The summed E-state index contributed by atoms with van der Waals surface area (Å²) < 4.78 is 1.71. The number of nitrogens with one attached hydrogen (secondary N) is 2. The number of hydrogen-bond acceptors (Lipinski definition) is 5. The molecule has 2 heterocycles. The van der Waals surface area contributed by atoms with Gasteiger partial charge in [-0.1, -0.05) is 0 Å². The first-order valence-electron chi connectivity index (χ1n) is 7.18. The summed E-state index contributed by atoms with van der Waals surface area (Å²) in [5.74, 6) is 1.20. The monoisotopic (exact) mass is 281 g/mol. The van der Waals surface area contributed by atoms with Gasteiger partial charge < -0.3 is 10.6 Å². The quantitative estimate of drug-likeness (QED) is 0.616. The SMILES string of the molecule is Cc1nn(C(C)C)c(NCCC2CCNC2)c1[N+](=O)[O-]. The largest absolute Gasteiger partial charge is 0.365 e. The molecule has 0 radical (unpaired) electrons. The van der Waals surface area contributed by atoms with Crippen LogP contribution in [-0.2, 0) is 0 Å². The Bertz CT molecular complexity index is 477. The van der Waals surface area contributed by atoms with Crippen LogP contribution in [0.15, 0.2) is 0 Å². The number of nitrogens with zero attached hydrogens (tertiary/aromatic N) is 3. The summed E-state index contributed by atoms with van der Waals surface area (Å²) in [4.78, 5) is 10.9. The molecule has 1 saturated heterocycles. The molecule has 1 aliphatic heterocycles. The van der Waals surface area contributed by atoms with Crippen molar-refractivity contribution in [3.8, 4) is 0 Å². The van der Waals surface area contributed by atoms with Crippen LogP contribution in [0.5, 0.6) is 0 Å². The van der Waals surface area contributed by atoms with E-state index in [9.17, 15) is 10.1 Å². The third-order valence-corrected chi connectivity index (χ3v) is 3.73. The highest BCUT2D eigenvalue weighted by Gasteiger charge is 2.26. The lowest BCUT2D eigenvalue weighted by molar-refractivity contribution is -0.384. The highest BCUT2D eigenvalue weighted by atomic mass is 16.6. The van der Waals surface area contributed by atoms with Crippen molar-refractivity contribution in [3.05, 3.63) is 15.8 Å². The van der Waals surface area contributed by atoms with E-state index < -0.39 is 0 Å². The molecule has 0 spiro atoms. The number of aromatic nitrogens is 2. The first-order valence-corrected chi connectivity index (χ1v) is 7.18. The van der Waals surface area contributed by atoms with Crippen molar-refractivity contribution in [1.82, 2.24) is 15.1 Å². The Kier molecular flexibility index (Phi) is 4.59. The smallest absolute Gasteiger partial charge is 0.333 e. The Morgan fingerprint density at radius 2 is 2.35 bits per heavy atom. The lowest BCUT2D eigenvalue weighted by Gasteiger charge is -2.13. The fourth-order valence-electron chi connectivity index (χ4n) is 2.65. The van der Waals surface area contributed by atoms with Crippen LogP contribution in [0.25, 0.3) is 0 Å². The maximum Gasteiger partial charge on any atom is 0.333 e. The Labute approximate surface area is 118 Å². The number of rotatable bonds is 6. The van der Waals surface area contributed by atoms with Gasteiger partial charge >= 0.3 is 5.69 Å². The Morgan fingerprint density at radius 3 is 2.90 bits per heavy atom. The summed E-state index contributed by atoms with van der Waals surface area (Å²) in [6.07, 6.45) is 2.21. The Balaban J connectivity index is 2.09. The zero-order valence-electron chi connectivity index (χ0n) is 12.3. The van der Waals surface area contributed by atoms with E-state index in [-0.39, 0.29) is 16.7 Å². The third-order valence-electron chi connectivity index (χ3n) is 3.73. The van der Waals surface area contributed by atoms with Gasteiger partial charge in [-0.15, -0.1) is 0 Å². The van der Waals surface area contributed by atoms with Gasteiger partial charge in [-0.25, -0.2) is 4.68 Å². The van der Waals surface area contributed by atoms with Crippen molar-refractivity contribution in [2.45, 2.75) is 39.7 Å². The average Bonchev–Trinajstić information content (AvgIpc) is 2.97. The topological polar surface area (TPSA) is 85.0 Å². The second kappa shape index (κ2) is 6.21. The van der Waals surface area contributed by atoms with E-state index in [0.717, 1.165) is 26.1 Å². The fourth-order valence-corrected chi connectivity index (χ4v) is 2.65. The fraction of sp³-hybridized carbons (Fsp3) is 0.769. The average molecular weight is 281 g/mol. The first kappa shape index (κ1) is 14.8. The molecule has 1 aromatic heterocycles. The Morgan fingerprint density at radius 1 is 1.60 bits per heavy atom. The van der Waals surface area contributed by atoms with Crippen LogP contribution < -0.4 is 10.6 Å². The molecule has 1 fully saturated rings. The van der Waals surface area contributed by atoms with Crippen LogP contribution in [0.3, 0.4) is 0 Å². The van der Waals surface area contributed by atoms with Crippen LogP contribution in [-0.4, -0.2) is 34.3 Å². The molecule has 1 atom stereocenters. The molecule has 20 heavy (non-hydrogen) atoms. The number of aryl methyl sites for hydroxylation is 1. The zero-order valence-corrected chi connectivity index (χ0v) is 12.3. The molecule has 0 saturated carbocycles. The minimum absolute atomic E-state index is 0.0954. The first-order chi connectivity index (χ1) is 9.50. The molecule has 0 bridgehead atoms. The molecule has 7 nitrogen and oxygen atoms in total. The van der Waals surface area contributed by atoms with Crippen molar-refractivity contribution >= 4 is 11.5 Å². The Hall–Kier alpha value is -1.63. The van der Waals surface area contributed by atoms with Gasteiger partial charge in [0.2, 0.25) is 5.82 Å². The highest BCUT2D eigenvalue weighted by molar-refractivity contribution is 5.59. The van der Waals surface area contributed by atoms with Crippen LogP contribution in [0.1, 0.15) is 38.4 Å². The standard InChI is InChI=1S/C13H23N5O2/c1-9(2)17-13(12(18(19)20)10(3)16-17)15-7-5-11-4-6-14-8-11/h9,11,14-15H,4-8H2,1-3H3. The van der Waals surface area contributed by atoms with Gasteiger partial charge in [0.25, 0.3) is 0 Å². The summed E-state index contributed by atoms with van der Waals surface area (Å²) in [6.45, 7) is 8.50. The van der Waals surface area contributed by atoms with Gasteiger partial charge in [-0.3, -0.25) is 10.1 Å². The maximum atomic E-state index is 11.2. The van der Waals surface area contributed by atoms with Crippen LogP contribution in [0.2, 0.25) is 0 Å². The minimum Gasteiger partial charge on any atom is -0.365 e. The second-order valence-electron chi connectivity index (χ2n) is 5.65. The summed E-state index contributed by atoms with van der Waals surface area (Å²) in [5, 5.41) is 22.0. The van der Waals surface area contributed by atoms with Gasteiger partial charge in [0, 0.05) is 12.6 Å². The van der Waals surface area contributed by atoms with E-state index in [4.69, 9.17) is 0 Å². The van der Waals surface area contributed by atoms with Gasteiger partial charge in [0.05, 0.1) is 4.92 Å². The zero-order chi connectivity index (χ0) is 14.7. The summed E-state index contributed by atoms with van der Waals surface area (Å²) in [7, 11) is 0. The van der Waals surface area contributed by atoms with E-state index in [1.165, 1.54) is 6.42 Å². The molecule has 112 valence electrons. The highest BCUT2D eigenvalue weighted by Crippen LogP contribution is 2.30. The van der Waals surface area contributed by atoms with Crippen LogP contribution in [0.4, 0.5) is 11.5 Å². The van der Waals surface area contributed by atoms with Gasteiger partial charge in [-0.2, -0.15) is 5.10 Å². The van der Waals surface area contributed by atoms with Crippen molar-refractivity contribution < 1.29 is 4.92 Å². The molecule has 0 amide bonds. The molecule has 1 unspecified atom stereocenters. The molecule has 2 N–H and O–H groups in total. The molecule has 7 heteroatoms. The summed E-state index contributed by atoms with van der Waals surface area (Å²) in [5.41, 5.74) is 0.567. The molecule has 1 aliphatic rings. The van der Waals surface area contributed by atoms with Crippen molar-refractivity contribution in [2.24, 2.45) is 5.92 Å². The minimum atomic E-state index is -0.347. The number of anilines is 1. The van der Waals surface area contributed by atoms with Gasteiger partial charge in [0.15, 0.2) is 0 Å². The molecule has 0 aromatic carbocycles. The summed E-state index contributed by atoms with van der Waals surface area (Å²) in [6, 6.07) is 0.0954. The lowest BCUT2D eigenvalue weighted by atomic mass is 10.1. The molecular weight excluding hydrogens is 258 g/mol. The van der Waals surface area contributed by atoms with E-state index in [2.05, 4.69) is 15.7 Å². The second-order valence-corrected chi connectivity index (χ2v) is 5.65. The van der Waals surface area contributed by atoms with Crippen molar-refractivity contribution in [2.75, 3.05) is 25.0 Å². The molecule has 0 aliphatic carbocycles. The normalized spacial score (nSPS) is 18.7. The van der Waals surface area contributed by atoms with E-state index in [0.29, 0.717) is 17.4 Å². The van der Waals surface area contributed by atoms with E-state index >= 15 is 0 Å². The van der Waals surface area contributed by atoms with E-state index in [1.807, 2.05) is 13.8 Å². The van der Waals surface area contributed by atoms with E-state index in [1.54, 1.807) is 11.6 Å². The molecular formula is C13H23N5O2. The predicted octanol–water partition coefficient (Wildman–Crippen LogP) is 2.09. The molecule has 1 aromatic rings. The van der Waals surface area contributed by atoms with Gasteiger partial charge in [0.1, 0.15) is 5.69 Å². The summed E-state index contributed by atoms with van der Waals surface area (Å²) >= 11 is 0. The number of hydrogen-bond donors (Lipinski definition) is 2. The van der Waals surface area contributed by atoms with Crippen molar-refractivity contribution in [1.29, 1.82) is 0 Å². The predicted molar refractivity (Wildman–Crippen MR) is 78.1 cm³/mol. The lowest BCUT2D eigenvalue weighted by Crippen LogP contribution is -2.16. The maximum absolute atomic E-state index is 11.2. The van der Waals surface area contributed by atoms with Crippen LogP contribution >= 0.6 is 0 Å². The third kappa shape index (κ3) is 3.09. The van der Waals surface area contributed by atoms with Crippen LogP contribution in [0, 0.1) is 23.0 Å². The van der Waals surface area contributed by atoms with Crippen molar-refractivity contribution in [3.63, 3.8) is 0 Å².